The molecule has 3 aliphatic rings. The number of amides is 1. The number of methoxy groups -OCH3 is 1. The molecule has 0 aromatic carbocycles. The second-order valence-electron chi connectivity index (χ2n) is 7.20. The Hall–Kier alpha value is -1.70. The van der Waals surface area contributed by atoms with Crippen molar-refractivity contribution in [2.24, 2.45) is 11.3 Å². The Morgan fingerprint density at radius 2 is 2.20 bits per heavy atom. The highest BCUT2D eigenvalue weighted by atomic mass is 16.5. The number of anilines is 1. The Bertz CT molecular complexity index is 617. The highest BCUT2D eigenvalue weighted by molar-refractivity contribution is 5.94. The van der Waals surface area contributed by atoms with Gasteiger partial charge in [-0.1, -0.05) is 0 Å². The number of hydrogen-bond acceptors (Lipinski definition) is 6. The van der Waals surface area contributed by atoms with E-state index in [0.717, 1.165) is 38.7 Å². The maximum absolute atomic E-state index is 12.9. The van der Waals surface area contributed by atoms with Crippen molar-refractivity contribution in [2.75, 3.05) is 71.2 Å². The van der Waals surface area contributed by atoms with E-state index in [1.807, 2.05) is 17.0 Å². The van der Waals surface area contributed by atoms with Gasteiger partial charge in [-0.25, -0.2) is 4.98 Å². The molecule has 0 spiro atoms. The van der Waals surface area contributed by atoms with Crippen molar-refractivity contribution in [3.63, 3.8) is 0 Å². The number of fused-ring (bicyclic) bond motifs is 1. The molecule has 1 amide bonds. The van der Waals surface area contributed by atoms with E-state index in [4.69, 9.17) is 14.2 Å². The molecule has 0 radical (unpaired) electrons. The number of ether oxygens (including phenoxy) is 3. The van der Waals surface area contributed by atoms with Gasteiger partial charge in [0.2, 0.25) is 0 Å². The molecule has 4 heterocycles. The lowest BCUT2D eigenvalue weighted by Gasteiger charge is -2.28. The number of carbonyl (C=O) groups is 1. The van der Waals surface area contributed by atoms with Gasteiger partial charge in [0, 0.05) is 50.8 Å². The fourth-order valence-electron chi connectivity index (χ4n) is 4.15. The Balaban J connectivity index is 1.44. The quantitative estimate of drug-likeness (QED) is 0.797. The average molecular weight is 347 g/mol. The standard InChI is InChI=1S/C18H25N3O4/c1-23-12-18-11-21(9-15(18)10-25-13-18)17(22)14-2-3-16(19-8-14)20-4-6-24-7-5-20/h2-3,8,15H,4-7,9-13H2,1H3/t15-,18-/m0/s1. The second kappa shape index (κ2) is 6.90. The van der Waals surface area contributed by atoms with Crippen molar-refractivity contribution in [1.29, 1.82) is 0 Å². The van der Waals surface area contributed by atoms with Gasteiger partial charge in [0.15, 0.2) is 0 Å². The van der Waals surface area contributed by atoms with Crippen molar-refractivity contribution in [1.82, 2.24) is 9.88 Å². The van der Waals surface area contributed by atoms with Gasteiger partial charge in [-0.05, 0) is 12.1 Å². The largest absolute Gasteiger partial charge is 0.384 e. The van der Waals surface area contributed by atoms with Gasteiger partial charge in [-0.3, -0.25) is 4.79 Å². The Morgan fingerprint density at radius 1 is 1.36 bits per heavy atom. The summed E-state index contributed by atoms with van der Waals surface area (Å²) in [6.07, 6.45) is 1.70. The summed E-state index contributed by atoms with van der Waals surface area (Å²) in [7, 11) is 1.71. The maximum Gasteiger partial charge on any atom is 0.255 e. The van der Waals surface area contributed by atoms with Gasteiger partial charge >= 0.3 is 0 Å². The third-order valence-corrected chi connectivity index (χ3v) is 5.57. The molecule has 0 bridgehead atoms. The predicted molar refractivity (Wildman–Crippen MR) is 91.8 cm³/mol. The molecule has 0 unspecified atom stereocenters. The molecule has 1 aromatic rings. The summed E-state index contributed by atoms with van der Waals surface area (Å²) in [6.45, 7) is 6.56. The van der Waals surface area contributed by atoms with E-state index >= 15 is 0 Å². The second-order valence-corrected chi connectivity index (χ2v) is 7.20. The van der Waals surface area contributed by atoms with Gasteiger partial charge in [-0.2, -0.15) is 0 Å². The lowest BCUT2D eigenvalue weighted by Crippen LogP contribution is -2.37. The minimum atomic E-state index is -0.0500. The Kier molecular flexibility index (Phi) is 4.62. The highest BCUT2D eigenvalue weighted by Crippen LogP contribution is 2.41. The van der Waals surface area contributed by atoms with E-state index in [-0.39, 0.29) is 11.3 Å². The van der Waals surface area contributed by atoms with E-state index in [1.54, 1.807) is 13.3 Å². The van der Waals surface area contributed by atoms with Crippen LogP contribution in [0.3, 0.4) is 0 Å². The molecule has 7 heteroatoms. The van der Waals surface area contributed by atoms with Gasteiger partial charge in [0.1, 0.15) is 5.82 Å². The van der Waals surface area contributed by atoms with E-state index in [9.17, 15) is 4.79 Å². The van der Waals surface area contributed by atoms with Crippen LogP contribution in [-0.4, -0.2) is 82.1 Å². The number of rotatable bonds is 4. The molecule has 2 atom stereocenters. The van der Waals surface area contributed by atoms with Crippen LogP contribution in [0.4, 0.5) is 5.82 Å². The molecule has 3 saturated heterocycles. The molecule has 1 aromatic heterocycles. The molecule has 25 heavy (non-hydrogen) atoms. The first-order valence-corrected chi connectivity index (χ1v) is 8.86. The molecule has 3 aliphatic heterocycles. The molecule has 4 rings (SSSR count). The molecule has 0 saturated carbocycles. The molecule has 136 valence electrons. The summed E-state index contributed by atoms with van der Waals surface area (Å²) in [6, 6.07) is 3.82. The minimum absolute atomic E-state index is 0.0471. The number of pyridine rings is 1. The Labute approximate surface area is 147 Å². The van der Waals surface area contributed by atoms with Crippen LogP contribution in [0, 0.1) is 11.3 Å². The molecule has 0 N–H and O–H groups in total. The van der Waals surface area contributed by atoms with Crippen molar-refractivity contribution < 1.29 is 19.0 Å². The summed E-state index contributed by atoms with van der Waals surface area (Å²) >= 11 is 0. The zero-order valence-electron chi connectivity index (χ0n) is 14.6. The number of aromatic nitrogens is 1. The summed E-state index contributed by atoms with van der Waals surface area (Å²) in [5.74, 6) is 1.31. The molecule has 0 aliphatic carbocycles. The van der Waals surface area contributed by atoms with Gasteiger partial charge in [0.05, 0.1) is 38.6 Å². The number of hydrogen-bond donors (Lipinski definition) is 0. The van der Waals surface area contributed by atoms with Gasteiger partial charge in [-0.15, -0.1) is 0 Å². The third kappa shape index (κ3) is 3.12. The highest BCUT2D eigenvalue weighted by Gasteiger charge is 2.51. The summed E-state index contributed by atoms with van der Waals surface area (Å²) in [5, 5.41) is 0. The number of likely N-dealkylation sites (tertiary alicyclic amines) is 1. The first kappa shape index (κ1) is 16.8. The van der Waals surface area contributed by atoms with E-state index in [2.05, 4.69) is 9.88 Å². The zero-order chi connectivity index (χ0) is 17.3. The number of nitrogens with zero attached hydrogens (tertiary/aromatic N) is 3. The topological polar surface area (TPSA) is 64.1 Å². The van der Waals surface area contributed by atoms with E-state index in [0.29, 0.717) is 37.8 Å². The lowest BCUT2D eigenvalue weighted by molar-refractivity contribution is 0.0489. The molecular formula is C18H25N3O4. The number of carbonyl (C=O) groups excluding carboxylic acids is 1. The summed E-state index contributed by atoms with van der Waals surface area (Å²) in [4.78, 5) is 21.5. The van der Waals surface area contributed by atoms with Gasteiger partial charge < -0.3 is 24.0 Å². The van der Waals surface area contributed by atoms with Crippen molar-refractivity contribution >= 4 is 11.7 Å². The van der Waals surface area contributed by atoms with Gasteiger partial charge in [0.25, 0.3) is 5.91 Å². The molecule has 3 fully saturated rings. The summed E-state index contributed by atoms with van der Waals surface area (Å²) < 4.78 is 16.4. The fourth-order valence-corrected chi connectivity index (χ4v) is 4.15. The monoisotopic (exact) mass is 347 g/mol. The van der Waals surface area contributed by atoms with Crippen LogP contribution in [0.1, 0.15) is 10.4 Å². The summed E-state index contributed by atoms with van der Waals surface area (Å²) in [5.41, 5.74) is 0.594. The first-order chi connectivity index (χ1) is 12.2. The third-order valence-electron chi connectivity index (χ3n) is 5.57. The van der Waals surface area contributed by atoms with Crippen LogP contribution in [0.15, 0.2) is 18.3 Å². The van der Waals surface area contributed by atoms with Crippen molar-refractivity contribution in [3.05, 3.63) is 23.9 Å². The smallest absolute Gasteiger partial charge is 0.255 e. The van der Waals surface area contributed by atoms with Crippen LogP contribution in [0.2, 0.25) is 0 Å². The van der Waals surface area contributed by atoms with Crippen LogP contribution in [-0.2, 0) is 14.2 Å². The normalized spacial score (nSPS) is 29.1. The van der Waals surface area contributed by atoms with Crippen LogP contribution in [0.25, 0.3) is 0 Å². The number of morpholine rings is 1. The van der Waals surface area contributed by atoms with Crippen LogP contribution in [0.5, 0.6) is 0 Å². The zero-order valence-corrected chi connectivity index (χ0v) is 14.6. The van der Waals surface area contributed by atoms with Crippen LogP contribution >= 0.6 is 0 Å². The Morgan fingerprint density at radius 3 is 2.92 bits per heavy atom. The fraction of sp³-hybridized carbons (Fsp3) is 0.667. The SMILES string of the molecule is COC[C@@]12COC[C@@H]1CN(C(=O)c1ccc(N3CCOCC3)nc1)C2. The molecular weight excluding hydrogens is 322 g/mol. The molecule has 7 nitrogen and oxygen atoms in total. The maximum atomic E-state index is 12.9. The van der Waals surface area contributed by atoms with E-state index in [1.165, 1.54) is 0 Å². The first-order valence-electron chi connectivity index (χ1n) is 8.86. The predicted octanol–water partition coefficient (Wildman–Crippen LogP) is 0.653. The van der Waals surface area contributed by atoms with Crippen molar-refractivity contribution in [2.45, 2.75) is 0 Å². The van der Waals surface area contributed by atoms with Crippen molar-refractivity contribution in [3.8, 4) is 0 Å². The average Bonchev–Trinajstić information content (AvgIpc) is 3.19. The minimum Gasteiger partial charge on any atom is -0.384 e. The van der Waals surface area contributed by atoms with Crippen LogP contribution < -0.4 is 4.90 Å². The van der Waals surface area contributed by atoms with E-state index < -0.39 is 0 Å². The lowest BCUT2D eigenvalue weighted by atomic mass is 9.82.